The molecule has 2 aromatic heterocycles. The van der Waals surface area contributed by atoms with Gasteiger partial charge in [-0.25, -0.2) is 0 Å². The number of H-pyrrole nitrogens is 2. The predicted octanol–water partition coefficient (Wildman–Crippen LogP) is 1.30. The Labute approximate surface area is 103 Å². The fourth-order valence-electron chi connectivity index (χ4n) is 1.56. The van der Waals surface area contributed by atoms with Crippen LogP contribution in [0.15, 0.2) is 29.2 Å². The van der Waals surface area contributed by atoms with E-state index in [4.69, 9.17) is 0 Å². The largest absolute Gasteiger partial charge is 0.328 e. The Kier molecular flexibility index (Phi) is 3.57. The molecule has 0 aliphatic heterocycles. The third-order valence-corrected chi connectivity index (χ3v) is 2.44. The van der Waals surface area contributed by atoms with Crippen molar-refractivity contribution in [2.24, 2.45) is 0 Å². The molecule has 0 fully saturated rings. The van der Waals surface area contributed by atoms with E-state index in [1.807, 2.05) is 0 Å². The summed E-state index contributed by atoms with van der Waals surface area (Å²) < 4.78 is 0. The minimum atomic E-state index is -0.305. The first kappa shape index (κ1) is 12.1. The molecule has 0 saturated carbocycles. The molecule has 2 aromatic rings. The van der Waals surface area contributed by atoms with Gasteiger partial charge in [0.15, 0.2) is 5.82 Å². The first-order valence-electron chi connectivity index (χ1n) is 5.73. The molecule has 6 heteroatoms. The van der Waals surface area contributed by atoms with Crippen LogP contribution >= 0.6 is 0 Å². The highest BCUT2D eigenvalue weighted by Crippen LogP contribution is 2.08. The number of pyridine rings is 1. The maximum atomic E-state index is 11.8. The fraction of sp³-hybridized carbons (Fsp3) is 0.250. The van der Waals surface area contributed by atoms with Gasteiger partial charge in [0.05, 0.1) is 5.56 Å². The molecule has 0 unspecified atom stereocenters. The topological polar surface area (TPSA) is 90.6 Å². The van der Waals surface area contributed by atoms with E-state index in [1.54, 1.807) is 6.07 Å². The van der Waals surface area contributed by atoms with E-state index < -0.39 is 0 Å². The average Bonchev–Trinajstić information content (AvgIpc) is 2.78. The molecule has 1 amide bonds. The molecule has 0 bridgehead atoms. The smallest absolute Gasteiger partial charge is 0.258 e. The summed E-state index contributed by atoms with van der Waals surface area (Å²) in [6.45, 7) is 2.07. The third-order valence-electron chi connectivity index (χ3n) is 2.44. The maximum absolute atomic E-state index is 11.8. The summed E-state index contributed by atoms with van der Waals surface area (Å²) in [6, 6.07) is 4.57. The summed E-state index contributed by atoms with van der Waals surface area (Å²) in [6.07, 6.45) is 3.27. The molecule has 0 aliphatic carbocycles. The lowest BCUT2D eigenvalue weighted by Crippen LogP contribution is -2.14. The Balaban J connectivity index is 2.06. The molecule has 3 N–H and O–H groups in total. The van der Waals surface area contributed by atoms with Crippen LogP contribution in [0.2, 0.25) is 0 Å². The standard InChI is InChI=1S/C12H14N4O2/c1-2-3-9-6-10(16-15-9)14-12(18)8-4-5-11(17)13-7-8/h4-7H,2-3H2,1H3,(H,13,17)(H2,14,15,16,18). The van der Waals surface area contributed by atoms with Gasteiger partial charge >= 0.3 is 0 Å². The van der Waals surface area contributed by atoms with E-state index in [0.717, 1.165) is 18.5 Å². The summed E-state index contributed by atoms with van der Waals surface area (Å²) in [7, 11) is 0. The number of anilines is 1. The van der Waals surface area contributed by atoms with Gasteiger partial charge in [-0.05, 0) is 12.5 Å². The Morgan fingerprint density at radius 3 is 2.94 bits per heavy atom. The monoisotopic (exact) mass is 246 g/mol. The predicted molar refractivity (Wildman–Crippen MR) is 67.6 cm³/mol. The lowest BCUT2D eigenvalue weighted by molar-refractivity contribution is 0.102. The van der Waals surface area contributed by atoms with Crippen molar-refractivity contribution in [2.45, 2.75) is 19.8 Å². The lowest BCUT2D eigenvalue weighted by Gasteiger charge is -2.00. The van der Waals surface area contributed by atoms with Crippen molar-refractivity contribution >= 4 is 11.7 Å². The van der Waals surface area contributed by atoms with Crippen LogP contribution in [-0.2, 0) is 6.42 Å². The summed E-state index contributed by atoms with van der Waals surface area (Å²) in [4.78, 5) is 25.1. The van der Waals surface area contributed by atoms with Gasteiger partial charge in [0.25, 0.3) is 5.91 Å². The number of aromatic amines is 2. The lowest BCUT2D eigenvalue weighted by atomic mass is 10.2. The number of carbonyl (C=O) groups is 1. The van der Waals surface area contributed by atoms with Crippen LogP contribution in [0.5, 0.6) is 0 Å². The van der Waals surface area contributed by atoms with E-state index in [2.05, 4.69) is 27.4 Å². The van der Waals surface area contributed by atoms with E-state index >= 15 is 0 Å². The maximum Gasteiger partial charge on any atom is 0.258 e. The highest BCUT2D eigenvalue weighted by molar-refractivity contribution is 6.03. The van der Waals surface area contributed by atoms with E-state index in [1.165, 1.54) is 18.3 Å². The summed E-state index contributed by atoms with van der Waals surface area (Å²) in [5.41, 5.74) is 1.13. The molecular formula is C12H14N4O2. The molecule has 0 aliphatic rings. The first-order chi connectivity index (χ1) is 8.69. The number of carbonyl (C=O) groups excluding carboxylic acids is 1. The van der Waals surface area contributed by atoms with Crippen molar-refractivity contribution in [3.63, 3.8) is 0 Å². The van der Waals surface area contributed by atoms with Crippen molar-refractivity contribution in [3.8, 4) is 0 Å². The zero-order chi connectivity index (χ0) is 13.0. The summed E-state index contributed by atoms with van der Waals surface area (Å²) in [5, 5.41) is 9.49. The number of hydrogen-bond acceptors (Lipinski definition) is 3. The summed E-state index contributed by atoms with van der Waals surface area (Å²) >= 11 is 0. The second-order valence-corrected chi connectivity index (χ2v) is 3.92. The van der Waals surface area contributed by atoms with Crippen molar-refractivity contribution in [3.05, 3.63) is 46.0 Å². The van der Waals surface area contributed by atoms with E-state index in [9.17, 15) is 9.59 Å². The quantitative estimate of drug-likeness (QED) is 0.759. The number of aromatic nitrogens is 3. The van der Waals surface area contributed by atoms with Crippen LogP contribution in [-0.4, -0.2) is 21.1 Å². The number of nitrogens with zero attached hydrogens (tertiary/aromatic N) is 1. The van der Waals surface area contributed by atoms with Crippen molar-refractivity contribution in [1.29, 1.82) is 0 Å². The molecule has 94 valence electrons. The third kappa shape index (κ3) is 2.85. The molecule has 0 radical (unpaired) electrons. The molecule has 2 rings (SSSR count). The zero-order valence-corrected chi connectivity index (χ0v) is 9.99. The molecule has 0 spiro atoms. The highest BCUT2D eigenvalue weighted by atomic mass is 16.2. The summed E-state index contributed by atoms with van der Waals surface area (Å²) in [5.74, 6) is 0.176. The molecule has 6 nitrogen and oxygen atoms in total. The highest BCUT2D eigenvalue weighted by Gasteiger charge is 2.08. The van der Waals surface area contributed by atoms with Gasteiger partial charge in [0, 0.05) is 24.0 Å². The minimum Gasteiger partial charge on any atom is -0.328 e. The fourth-order valence-corrected chi connectivity index (χ4v) is 1.56. The Morgan fingerprint density at radius 1 is 1.44 bits per heavy atom. The van der Waals surface area contributed by atoms with Gasteiger partial charge in [-0.3, -0.25) is 14.7 Å². The number of aryl methyl sites for hydroxylation is 1. The van der Waals surface area contributed by atoms with Crippen LogP contribution in [0.25, 0.3) is 0 Å². The van der Waals surface area contributed by atoms with Crippen LogP contribution in [0.1, 0.15) is 29.4 Å². The van der Waals surface area contributed by atoms with Gasteiger partial charge in [-0.2, -0.15) is 5.10 Å². The van der Waals surface area contributed by atoms with E-state index in [-0.39, 0.29) is 11.5 Å². The van der Waals surface area contributed by atoms with Gasteiger partial charge < -0.3 is 10.3 Å². The number of amides is 1. The second kappa shape index (κ2) is 5.31. The van der Waals surface area contributed by atoms with Crippen LogP contribution < -0.4 is 10.9 Å². The zero-order valence-electron chi connectivity index (χ0n) is 9.99. The molecule has 0 aromatic carbocycles. The Morgan fingerprint density at radius 2 is 2.28 bits per heavy atom. The van der Waals surface area contributed by atoms with Gasteiger partial charge in [0.1, 0.15) is 0 Å². The number of hydrogen-bond donors (Lipinski definition) is 3. The molecule has 2 heterocycles. The normalized spacial score (nSPS) is 10.3. The van der Waals surface area contributed by atoms with Crippen molar-refractivity contribution in [1.82, 2.24) is 15.2 Å². The minimum absolute atomic E-state index is 0.239. The molecule has 0 atom stereocenters. The Bertz CT molecular complexity index is 580. The SMILES string of the molecule is CCCc1cc(NC(=O)c2ccc(=O)[nH]c2)n[nH]1. The van der Waals surface area contributed by atoms with Gasteiger partial charge in [-0.15, -0.1) is 0 Å². The Hall–Kier alpha value is -2.37. The average molecular weight is 246 g/mol. The van der Waals surface area contributed by atoms with Crippen molar-refractivity contribution < 1.29 is 4.79 Å². The number of nitrogens with one attached hydrogen (secondary N) is 3. The van der Waals surface area contributed by atoms with Gasteiger partial charge in [0.2, 0.25) is 5.56 Å². The van der Waals surface area contributed by atoms with E-state index in [0.29, 0.717) is 11.4 Å². The molecule has 18 heavy (non-hydrogen) atoms. The second-order valence-electron chi connectivity index (χ2n) is 3.92. The van der Waals surface area contributed by atoms with Crippen molar-refractivity contribution in [2.75, 3.05) is 5.32 Å². The molecule has 0 saturated heterocycles. The van der Waals surface area contributed by atoms with Gasteiger partial charge in [-0.1, -0.05) is 13.3 Å². The van der Waals surface area contributed by atoms with Crippen LogP contribution in [0, 0.1) is 0 Å². The molecular weight excluding hydrogens is 232 g/mol. The van der Waals surface area contributed by atoms with Crippen LogP contribution in [0.4, 0.5) is 5.82 Å². The van der Waals surface area contributed by atoms with Crippen LogP contribution in [0.3, 0.4) is 0 Å². The number of rotatable bonds is 4. The first-order valence-corrected chi connectivity index (χ1v) is 5.73.